The number of ether oxygens (including phenoxy) is 1. The third kappa shape index (κ3) is 4.20. The molecule has 0 aliphatic heterocycles. The fraction of sp³-hybridized carbons (Fsp3) is 0.667. The zero-order chi connectivity index (χ0) is 4.99. The molecule has 0 heterocycles. The van der Waals surface area contributed by atoms with Crippen LogP contribution in [0.3, 0.4) is 0 Å². The van der Waals surface area contributed by atoms with Crippen molar-refractivity contribution in [3.05, 3.63) is 0 Å². The number of carbonyl (C=O) groups excluding carboxylic acids is 1. The molecule has 1 unspecified atom stereocenters. The molecule has 0 N–H and O–H groups in total. The zero-order valence-corrected chi connectivity index (χ0v) is 5.51. The topological polar surface area (TPSA) is 26.3 Å². The molecule has 2 nitrogen and oxygen atoms in total. The number of halogens is 1. The van der Waals surface area contributed by atoms with Gasteiger partial charge < -0.3 is 4.74 Å². The van der Waals surface area contributed by atoms with E-state index in [0.29, 0.717) is 6.47 Å². The lowest BCUT2D eigenvalue weighted by molar-refractivity contribution is -0.128. The minimum absolute atomic E-state index is 0.0000926. The predicted molar refractivity (Wildman–Crippen MR) is 30.6 cm³/mol. The fourth-order valence-corrected chi connectivity index (χ4v) is 0.196. The Labute approximate surface area is 50.0 Å². The van der Waals surface area contributed by atoms with Crippen molar-refractivity contribution in [3.8, 4) is 0 Å². The van der Waals surface area contributed by atoms with Gasteiger partial charge in [-0.1, -0.05) is 0 Å². The van der Waals surface area contributed by atoms with Gasteiger partial charge in [0.25, 0.3) is 6.47 Å². The molecule has 0 spiro atoms. The molecule has 0 aromatic carbocycles. The largest absolute Gasteiger partial charge is 0.454 e. The number of hydrogen-bond donors (Lipinski definition) is 0. The van der Waals surface area contributed by atoms with Gasteiger partial charge in [0.05, 0.1) is 0 Å². The third-order valence-corrected chi connectivity index (χ3v) is 0.537. The van der Waals surface area contributed by atoms with Crippen molar-refractivity contribution < 1.29 is 9.53 Å². The van der Waals surface area contributed by atoms with E-state index in [0.717, 1.165) is 0 Å². The molecular formula is C3H5IO2. The van der Waals surface area contributed by atoms with E-state index < -0.39 is 0 Å². The van der Waals surface area contributed by atoms with Crippen molar-refractivity contribution >= 4 is 29.1 Å². The van der Waals surface area contributed by atoms with Crippen molar-refractivity contribution in [2.24, 2.45) is 0 Å². The smallest absolute Gasteiger partial charge is 0.294 e. The summed E-state index contributed by atoms with van der Waals surface area (Å²) in [6, 6.07) is 0. The maximum Gasteiger partial charge on any atom is 0.294 e. The summed E-state index contributed by atoms with van der Waals surface area (Å²) in [6.45, 7) is 2.23. The Morgan fingerprint density at radius 1 is 2.00 bits per heavy atom. The SMILES string of the molecule is CC(I)OC=O. The maximum absolute atomic E-state index is 9.39. The van der Waals surface area contributed by atoms with Gasteiger partial charge >= 0.3 is 0 Å². The standard InChI is InChI=1S/C3H5IO2/c1-3(4)6-2-5/h2-3H,1H3. The Hall–Kier alpha value is 0.200. The highest BCUT2D eigenvalue weighted by Crippen LogP contribution is 1.95. The van der Waals surface area contributed by atoms with Crippen LogP contribution in [-0.2, 0) is 9.53 Å². The van der Waals surface area contributed by atoms with Crippen LogP contribution in [0.2, 0.25) is 0 Å². The van der Waals surface area contributed by atoms with E-state index in [2.05, 4.69) is 4.74 Å². The molecule has 6 heavy (non-hydrogen) atoms. The van der Waals surface area contributed by atoms with Crippen molar-refractivity contribution in [2.45, 2.75) is 11.0 Å². The van der Waals surface area contributed by atoms with Crippen LogP contribution in [0, 0.1) is 0 Å². The first kappa shape index (κ1) is 6.20. The average molecular weight is 200 g/mol. The Kier molecular flexibility index (Phi) is 3.51. The van der Waals surface area contributed by atoms with Gasteiger partial charge in [-0.3, -0.25) is 4.79 Å². The maximum atomic E-state index is 9.39. The number of hydrogen-bond acceptors (Lipinski definition) is 2. The normalized spacial score (nSPS) is 13.0. The average Bonchev–Trinajstić information content (AvgIpc) is 1.35. The van der Waals surface area contributed by atoms with Crippen LogP contribution < -0.4 is 0 Å². The summed E-state index contributed by atoms with van der Waals surface area (Å²) in [5, 5.41) is 0. The number of carbonyl (C=O) groups is 1. The highest BCUT2D eigenvalue weighted by atomic mass is 127. The summed E-state index contributed by atoms with van der Waals surface area (Å²) in [6.07, 6.45) is 0. The Morgan fingerprint density at radius 2 is 2.50 bits per heavy atom. The van der Waals surface area contributed by atoms with Crippen molar-refractivity contribution in [2.75, 3.05) is 0 Å². The van der Waals surface area contributed by atoms with Crippen LogP contribution in [0.15, 0.2) is 0 Å². The van der Waals surface area contributed by atoms with E-state index in [1.54, 1.807) is 6.92 Å². The molecule has 1 atom stereocenters. The van der Waals surface area contributed by atoms with Crippen molar-refractivity contribution in [1.29, 1.82) is 0 Å². The fourth-order valence-electron chi connectivity index (χ4n) is 0.0766. The Morgan fingerprint density at radius 3 is 2.50 bits per heavy atom. The Bertz CT molecular complexity index is 44.1. The summed E-state index contributed by atoms with van der Waals surface area (Å²) < 4.78 is 4.35. The van der Waals surface area contributed by atoms with E-state index in [1.165, 1.54) is 0 Å². The predicted octanol–water partition coefficient (Wildman–Crippen LogP) is 0.940. The number of rotatable bonds is 2. The molecule has 0 rings (SSSR count). The van der Waals surface area contributed by atoms with E-state index >= 15 is 0 Å². The van der Waals surface area contributed by atoms with Crippen molar-refractivity contribution in [1.82, 2.24) is 0 Å². The van der Waals surface area contributed by atoms with E-state index in [-0.39, 0.29) is 4.11 Å². The second-order valence-electron chi connectivity index (χ2n) is 0.775. The lowest BCUT2D eigenvalue weighted by Gasteiger charge is -1.93. The highest BCUT2D eigenvalue weighted by Gasteiger charge is 1.86. The molecule has 3 heteroatoms. The molecule has 0 amide bonds. The molecule has 0 fully saturated rings. The van der Waals surface area contributed by atoms with E-state index in [4.69, 9.17) is 0 Å². The van der Waals surface area contributed by atoms with Crippen LogP contribution in [0.5, 0.6) is 0 Å². The van der Waals surface area contributed by atoms with Crippen molar-refractivity contribution in [3.63, 3.8) is 0 Å². The minimum atomic E-state index is 0.0000926. The molecule has 0 saturated carbocycles. The summed E-state index contributed by atoms with van der Waals surface area (Å²) in [5.74, 6) is 0. The summed E-state index contributed by atoms with van der Waals surface area (Å²) in [5.41, 5.74) is 0. The molecule has 0 aromatic rings. The van der Waals surface area contributed by atoms with Gasteiger partial charge in [0.15, 0.2) is 0 Å². The first-order valence-corrected chi connectivity index (χ1v) is 2.75. The summed E-state index contributed by atoms with van der Waals surface area (Å²) >= 11 is 1.99. The first-order chi connectivity index (χ1) is 2.77. The molecular weight excluding hydrogens is 195 g/mol. The molecule has 0 saturated heterocycles. The van der Waals surface area contributed by atoms with Crippen LogP contribution in [0.1, 0.15) is 6.92 Å². The van der Waals surface area contributed by atoms with Gasteiger partial charge in [0.2, 0.25) is 0 Å². The highest BCUT2D eigenvalue weighted by molar-refractivity contribution is 14.1. The Balaban J connectivity index is 2.81. The van der Waals surface area contributed by atoms with Gasteiger partial charge in [-0.15, -0.1) is 0 Å². The quantitative estimate of drug-likeness (QED) is 0.376. The second-order valence-corrected chi connectivity index (χ2v) is 2.53. The van der Waals surface area contributed by atoms with Gasteiger partial charge in [-0.05, 0) is 29.5 Å². The first-order valence-electron chi connectivity index (χ1n) is 1.50. The van der Waals surface area contributed by atoms with E-state index in [9.17, 15) is 4.79 Å². The molecule has 0 aliphatic rings. The number of alkyl halides is 1. The van der Waals surface area contributed by atoms with Crippen LogP contribution in [0.25, 0.3) is 0 Å². The summed E-state index contributed by atoms with van der Waals surface area (Å²) in [7, 11) is 0. The lowest BCUT2D eigenvalue weighted by Crippen LogP contribution is -1.93. The third-order valence-electron chi connectivity index (χ3n) is 0.243. The van der Waals surface area contributed by atoms with Crippen LogP contribution in [0.4, 0.5) is 0 Å². The van der Waals surface area contributed by atoms with Crippen LogP contribution in [-0.4, -0.2) is 10.6 Å². The zero-order valence-electron chi connectivity index (χ0n) is 3.35. The molecule has 0 aliphatic carbocycles. The second kappa shape index (κ2) is 3.39. The molecule has 0 radical (unpaired) electrons. The van der Waals surface area contributed by atoms with Gasteiger partial charge in [0, 0.05) is 0 Å². The van der Waals surface area contributed by atoms with Gasteiger partial charge in [0.1, 0.15) is 4.11 Å². The summed E-state index contributed by atoms with van der Waals surface area (Å²) in [4.78, 5) is 9.39. The van der Waals surface area contributed by atoms with Gasteiger partial charge in [-0.25, -0.2) is 0 Å². The van der Waals surface area contributed by atoms with Gasteiger partial charge in [-0.2, -0.15) is 0 Å². The van der Waals surface area contributed by atoms with E-state index in [1.807, 2.05) is 22.6 Å². The monoisotopic (exact) mass is 200 g/mol. The minimum Gasteiger partial charge on any atom is -0.454 e. The molecule has 0 aromatic heterocycles. The molecule has 0 bridgehead atoms. The molecule has 36 valence electrons. The lowest BCUT2D eigenvalue weighted by atomic mass is 10.9. The van der Waals surface area contributed by atoms with Crippen LogP contribution >= 0.6 is 22.6 Å².